The Labute approximate surface area is 541 Å². The normalized spacial score (nSPS) is 12.0. The van der Waals surface area contributed by atoms with E-state index in [2.05, 4.69) is 215 Å². The van der Waals surface area contributed by atoms with Crippen molar-refractivity contribution in [2.75, 3.05) is 0 Å². The van der Waals surface area contributed by atoms with Gasteiger partial charge in [-0.3, -0.25) is 9.97 Å². The smallest absolute Gasteiger partial charge is 0.0906 e. The average molecular weight is 1330 g/mol. The van der Waals surface area contributed by atoms with E-state index in [4.69, 9.17) is 4.98 Å². The molecule has 12 aromatic rings. The lowest BCUT2D eigenvalue weighted by Crippen LogP contribution is -2.34. The van der Waals surface area contributed by atoms with Gasteiger partial charge in [-0.05, 0) is 145 Å². The molecule has 12 rings (SSSR count). The van der Waals surface area contributed by atoms with Crippen molar-refractivity contribution >= 4 is 152 Å². The van der Waals surface area contributed by atoms with Crippen molar-refractivity contribution in [3.8, 4) is 119 Å². The van der Waals surface area contributed by atoms with E-state index >= 15 is 0 Å². The fraction of sp³-hybridized carbons (Fsp3) is 0.174. The van der Waals surface area contributed by atoms with Gasteiger partial charge in [0.15, 0.2) is 0 Å². The Balaban J connectivity index is 0.913. The molecule has 0 bridgehead atoms. The van der Waals surface area contributed by atoms with Gasteiger partial charge in [0.25, 0.3) is 0 Å². The van der Waals surface area contributed by atoms with Crippen LogP contribution in [0.2, 0.25) is 78.6 Å². The molecule has 0 fully saturated rings. The highest BCUT2D eigenvalue weighted by Gasteiger charge is 2.27. The Bertz CT molecular complexity index is 4210. The quantitative estimate of drug-likeness (QED) is 0.0904. The molecule has 0 aromatic carbocycles. The number of nitrogens with zero attached hydrogens (tertiary/aromatic N) is 3. The third-order valence-corrected chi connectivity index (χ3v) is 38.4. The summed E-state index contributed by atoms with van der Waals surface area (Å²) in [6.07, 6.45) is 3.59. The van der Waals surface area contributed by atoms with Gasteiger partial charge < -0.3 is 0 Å². The molecule has 0 radical (unpaired) electrons. The Morgan fingerprint density at radius 3 is 0.976 bits per heavy atom. The van der Waals surface area contributed by atoms with Crippen LogP contribution in [0.1, 0.15) is 29.9 Å². The molecule has 0 aliphatic heterocycles. The van der Waals surface area contributed by atoms with Gasteiger partial charge in [-0.2, -0.15) is 0 Å². The first kappa shape index (κ1) is 59.6. The van der Waals surface area contributed by atoms with Crippen LogP contribution in [0.15, 0.2) is 152 Å². The zero-order chi connectivity index (χ0) is 59.4. The first-order chi connectivity index (χ1) is 40.6. The standard InChI is InChI=1S/C69H61N3S9Si4/c1-82(2,3)63-33-29-58(78-63)51-42-48(76-68(51)61-31-35-65(80-61)84(7,8)9)23-21-45-25-27-57(73-45)50-41-47(20-19-44-39-55(53-17-13-15-37-70-53)72-56(40-44)54-18-14-16-38-71-54)75-67(50)60-28-26-46(74-60)22-24-49-43-52(59-30-34-64(79-59)83(4,5)6)69(77-49)62-32-36-66(81-62)85(10,11)12/h13-18,25-43H,1-12H3. The molecule has 0 saturated carbocycles. The first-order valence-electron chi connectivity index (χ1n) is 28.0. The number of aromatic nitrogens is 3. The van der Waals surface area contributed by atoms with Crippen molar-refractivity contribution < 1.29 is 0 Å². The molecular formula is C69H61N3S9Si4. The van der Waals surface area contributed by atoms with Crippen LogP contribution in [-0.2, 0) is 0 Å². The van der Waals surface area contributed by atoms with E-state index in [0.717, 1.165) is 68.0 Å². The minimum absolute atomic E-state index is 0.751. The third kappa shape index (κ3) is 13.6. The number of rotatable bonds is 12. The summed E-state index contributed by atoms with van der Waals surface area (Å²) in [5.74, 6) is 21.7. The van der Waals surface area contributed by atoms with Gasteiger partial charge in [-0.15, -0.1) is 102 Å². The van der Waals surface area contributed by atoms with Gasteiger partial charge in [0.1, 0.15) is 0 Å². The number of hydrogen-bond donors (Lipinski definition) is 0. The van der Waals surface area contributed by atoms with E-state index in [1.807, 2.05) is 117 Å². The minimum atomic E-state index is -1.47. The van der Waals surface area contributed by atoms with Crippen molar-refractivity contribution in [1.82, 2.24) is 15.0 Å². The molecule has 0 amide bonds. The van der Waals surface area contributed by atoms with E-state index in [9.17, 15) is 0 Å². The van der Waals surface area contributed by atoms with Crippen LogP contribution in [0.3, 0.4) is 0 Å². The lowest BCUT2D eigenvalue weighted by Gasteiger charge is -2.12. The SMILES string of the molecule is C[Si](C)(C)c1ccc(-c2cc(C#Cc3ccc(-c4cc(C#Cc5cc(-c6ccccn6)nc(-c6ccccn6)c5)sc4-c4ccc(C#Cc5cc(-c6ccc([Si](C)(C)C)s6)c(-c6ccc([Si](C)(C)C)s6)s5)s4)s3)sc2-c2ccc([Si](C)(C)C)s2)s1. The summed E-state index contributed by atoms with van der Waals surface area (Å²) in [7, 11) is -5.88. The van der Waals surface area contributed by atoms with E-state index in [-0.39, 0.29) is 0 Å². The molecule has 12 heterocycles. The largest absolute Gasteiger partial charge is 0.255 e. The van der Waals surface area contributed by atoms with Crippen LogP contribution in [0.25, 0.3) is 83.4 Å². The van der Waals surface area contributed by atoms with Crippen LogP contribution in [0.4, 0.5) is 0 Å². The van der Waals surface area contributed by atoms with E-state index in [1.165, 1.54) is 63.3 Å². The predicted molar refractivity (Wildman–Crippen MR) is 393 cm³/mol. The van der Waals surface area contributed by atoms with Crippen LogP contribution >= 0.6 is 102 Å². The monoisotopic (exact) mass is 1330 g/mol. The summed E-state index contributed by atoms with van der Waals surface area (Å²) in [6, 6.07) is 50.5. The maximum atomic E-state index is 5.00. The Morgan fingerprint density at radius 1 is 0.282 bits per heavy atom. The second-order valence-electron chi connectivity index (χ2n) is 24.8. The number of thiophene rings is 9. The average Bonchev–Trinajstić information content (AvgIpc) is 2.08. The summed E-state index contributed by atoms with van der Waals surface area (Å²) < 4.78 is 6.11. The van der Waals surface area contributed by atoms with Crippen LogP contribution in [0, 0.1) is 35.5 Å². The first-order valence-corrected chi connectivity index (χ1v) is 49.4. The van der Waals surface area contributed by atoms with Crippen LogP contribution in [0.5, 0.6) is 0 Å². The summed E-state index contributed by atoms with van der Waals surface area (Å²) in [5.41, 5.74) is 7.66. The highest BCUT2D eigenvalue weighted by Crippen LogP contribution is 2.47. The minimum Gasteiger partial charge on any atom is -0.255 e. The zero-order valence-electron chi connectivity index (χ0n) is 49.4. The van der Waals surface area contributed by atoms with Gasteiger partial charge in [0.05, 0.1) is 94.1 Å². The maximum Gasteiger partial charge on any atom is 0.0906 e. The van der Waals surface area contributed by atoms with Gasteiger partial charge in [0.2, 0.25) is 0 Å². The van der Waals surface area contributed by atoms with Crippen molar-refractivity contribution in [3.63, 3.8) is 0 Å². The van der Waals surface area contributed by atoms with E-state index in [0.29, 0.717) is 0 Å². The molecule has 0 atom stereocenters. The molecule has 0 aliphatic rings. The molecule has 85 heavy (non-hydrogen) atoms. The summed E-state index contributed by atoms with van der Waals surface area (Å²) in [6.45, 7) is 29.2. The van der Waals surface area contributed by atoms with E-state index in [1.54, 1.807) is 46.4 Å². The fourth-order valence-electron chi connectivity index (χ4n) is 9.30. The predicted octanol–water partition coefficient (Wildman–Crippen LogP) is 20.1. The second-order valence-corrected chi connectivity index (χ2v) is 56.1. The molecule has 3 nitrogen and oxygen atoms in total. The molecule has 0 saturated heterocycles. The molecule has 0 N–H and O–H groups in total. The summed E-state index contributed by atoms with van der Waals surface area (Å²) >= 11 is 16.7. The number of pyridine rings is 3. The molecule has 0 unspecified atom stereocenters. The van der Waals surface area contributed by atoms with Crippen LogP contribution in [-0.4, -0.2) is 47.2 Å². The Kier molecular flexibility index (Phi) is 16.9. The van der Waals surface area contributed by atoms with E-state index < -0.39 is 32.3 Å². The van der Waals surface area contributed by atoms with Gasteiger partial charge in [0, 0.05) is 63.9 Å². The summed E-state index contributed by atoms with van der Waals surface area (Å²) in [4.78, 5) is 31.0. The molecular weight excluding hydrogens is 1270 g/mol. The van der Waals surface area contributed by atoms with Crippen molar-refractivity contribution in [3.05, 3.63) is 182 Å². The highest BCUT2D eigenvalue weighted by molar-refractivity contribution is 7.33. The van der Waals surface area contributed by atoms with Crippen LogP contribution < -0.4 is 18.0 Å². The van der Waals surface area contributed by atoms with Crippen molar-refractivity contribution in [1.29, 1.82) is 0 Å². The highest BCUT2D eigenvalue weighted by atomic mass is 32.1. The zero-order valence-corrected chi connectivity index (χ0v) is 60.8. The number of hydrogen-bond acceptors (Lipinski definition) is 12. The topological polar surface area (TPSA) is 38.7 Å². The maximum absolute atomic E-state index is 5.00. The summed E-state index contributed by atoms with van der Waals surface area (Å²) in [5, 5.41) is 0. The van der Waals surface area contributed by atoms with Gasteiger partial charge >= 0.3 is 0 Å². The van der Waals surface area contributed by atoms with Crippen molar-refractivity contribution in [2.24, 2.45) is 0 Å². The molecule has 422 valence electrons. The fourth-order valence-corrected chi connectivity index (χ4v) is 26.3. The second kappa shape index (κ2) is 24.1. The Morgan fingerprint density at radius 2 is 0.600 bits per heavy atom. The molecule has 16 heteroatoms. The lowest BCUT2D eigenvalue weighted by molar-refractivity contribution is 1.21. The third-order valence-electron chi connectivity index (χ3n) is 13.9. The molecule has 0 spiro atoms. The molecule has 12 aromatic heterocycles. The Hall–Kier alpha value is -5.70. The van der Waals surface area contributed by atoms with Gasteiger partial charge in [-0.25, -0.2) is 4.98 Å². The van der Waals surface area contributed by atoms with Crippen molar-refractivity contribution in [2.45, 2.75) is 78.6 Å². The lowest BCUT2D eigenvalue weighted by atomic mass is 10.1. The molecule has 0 aliphatic carbocycles. The van der Waals surface area contributed by atoms with Gasteiger partial charge in [-0.1, -0.05) is 127 Å².